The number of hydrogen-bond donors (Lipinski definition) is 2. The number of para-hydroxylation sites is 1. The van der Waals surface area contributed by atoms with Crippen molar-refractivity contribution in [1.29, 1.82) is 0 Å². The second-order valence-electron chi connectivity index (χ2n) is 4.77. The first-order chi connectivity index (χ1) is 11.1. The first-order valence-corrected chi connectivity index (χ1v) is 7.47. The number of anilines is 2. The van der Waals surface area contributed by atoms with Gasteiger partial charge in [0, 0.05) is 10.7 Å². The van der Waals surface area contributed by atoms with Crippen LogP contribution in [0.4, 0.5) is 11.5 Å². The van der Waals surface area contributed by atoms with Crippen LogP contribution in [0.2, 0.25) is 10.0 Å². The molecule has 0 radical (unpaired) electrons. The highest BCUT2D eigenvalue weighted by Crippen LogP contribution is 2.24. The van der Waals surface area contributed by atoms with E-state index in [1.165, 1.54) is 10.9 Å². The zero-order valence-corrected chi connectivity index (χ0v) is 13.3. The van der Waals surface area contributed by atoms with Crippen molar-refractivity contribution in [2.24, 2.45) is 0 Å². The summed E-state index contributed by atoms with van der Waals surface area (Å²) in [6.07, 6.45) is 1.41. The number of carbonyl (C=O) groups is 1. The monoisotopic (exact) mass is 346 g/mol. The zero-order valence-electron chi connectivity index (χ0n) is 11.8. The molecule has 2 aromatic carbocycles. The van der Waals surface area contributed by atoms with Gasteiger partial charge in [0.15, 0.2) is 0 Å². The van der Waals surface area contributed by atoms with E-state index in [9.17, 15) is 4.79 Å². The van der Waals surface area contributed by atoms with Gasteiger partial charge in [-0.15, -0.1) is 0 Å². The highest BCUT2D eigenvalue weighted by molar-refractivity contribution is 6.32. The minimum atomic E-state index is -0.358. The number of nitrogen functional groups attached to an aromatic ring is 1. The van der Waals surface area contributed by atoms with Crippen molar-refractivity contribution < 1.29 is 4.79 Å². The van der Waals surface area contributed by atoms with Crippen LogP contribution in [0.15, 0.2) is 54.7 Å². The maximum atomic E-state index is 12.3. The lowest BCUT2D eigenvalue weighted by molar-refractivity contribution is 0.102. The van der Waals surface area contributed by atoms with Crippen molar-refractivity contribution >= 4 is 40.6 Å². The van der Waals surface area contributed by atoms with Crippen molar-refractivity contribution in [2.75, 3.05) is 11.1 Å². The molecule has 1 amide bonds. The van der Waals surface area contributed by atoms with Crippen molar-refractivity contribution in [3.05, 3.63) is 70.3 Å². The Bertz CT molecular complexity index is 859. The Morgan fingerprint density at radius 3 is 2.48 bits per heavy atom. The van der Waals surface area contributed by atoms with Gasteiger partial charge in [0.2, 0.25) is 0 Å². The molecule has 0 saturated carbocycles. The Labute approximate surface area is 142 Å². The van der Waals surface area contributed by atoms with Crippen LogP contribution in [0, 0.1) is 0 Å². The third-order valence-corrected chi connectivity index (χ3v) is 3.81. The van der Waals surface area contributed by atoms with Crippen LogP contribution >= 0.6 is 23.2 Å². The van der Waals surface area contributed by atoms with Gasteiger partial charge in [-0.3, -0.25) is 4.79 Å². The summed E-state index contributed by atoms with van der Waals surface area (Å²) >= 11 is 12.0. The minimum absolute atomic E-state index is 0.213. The molecule has 1 heterocycles. The van der Waals surface area contributed by atoms with Gasteiger partial charge in [0.25, 0.3) is 5.91 Å². The van der Waals surface area contributed by atoms with E-state index in [2.05, 4.69) is 10.4 Å². The van der Waals surface area contributed by atoms with Crippen LogP contribution in [0.1, 0.15) is 10.4 Å². The Morgan fingerprint density at radius 1 is 1.09 bits per heavy atom. The van der Waals surface area contributed by atoms with Crippen LogP contribution in [-0.4, -0.2) is 15.7 Å². The molecule has 3 N–H and O–H groups in total. The predicted octanol–water partition coefficient (Wildman–Crippen LogP) is 4.01. The number of hydrogen-bond acceptors (Lipinski definition) is 3. The highest BCUT2D eigenvalue weighted by atomic mass is 35.5. The van der Waals surface area contributed by atoms with E-state index >= 15 is 0 Å². The molecule has 0 saturated heterocycles. The molecule has 0 fully saturated rings. The first kappa shape index (κ1) is 15.4. The summed E-state index contributed by atoms with van der Waals surface area (Å²) in [5.41, 5.74) is 7.53. The van der Waals surface area contributed by atoms with E-state index in [-0.39, 0.29) is 17.3 Å². The SMILES string of the molecule is Nc1c(C(=O)Nc2ccc(Cl)cc2)cnn1-c1ccccc1Cl. The van der Waals surface area contributed by atoms with E-state index in [0.717, 1.165) is 0 Å². The number of nitrogens with zero attached hydrogens (tertiary/aromatic N) is 2. The Morgan fingerprint density at radius 2 is 1.78 bits per heavy atom. The van der Waals surface area contributed by atoms with Gasteiger partial charge in [-0.25, -0.2) is 4.68 Å². The lowest BCUT2D eigenvalue weighted by Gasteiger charge is -2.07. The molecule has 5 nitrogen and oxygen atoms in total. The summed E-state index contributed by atoms with van der Waals surface area (Å²) in [6.45, 7) is 0. The number of halogens is 2. The molecule has 23 heavy (non-hydrogen) atoms. The molecule has 7 heteroatoms. The van der Waals surface area contributed by atoms with Gasteiger partial charge in [-0.2, -0.15) is 5.10 Å². The van der Waals surface area contributed by atoms with E-state index < -0.39 is 0 Å². The normalized spacial score (nSPS) is 10.5. The lowest BCUT2D eigenvalue weighted by atomic mass is 10.2. The summed E-state index contributed by atoms with van der Waals surface area (Å²) in [5.74, 6) is -0.146. The fourth-order valence-corrected chi connectivity index (χ4v) is 2.42. The van der Waals surface area contributed by atoms with Crippen LogP contribution in [0.3, 0.4) is 0 Å². The molecule has 0 bridgehead atoms. The van der Waals surface area contributed by atoms with Gasteiger partial charge in [-0.1, -0.05) is 35.3 Å². The average molecular weight is 347 g/mol. The van der Waals surface area contributed by atoms with E-state index in [1.54, 1.807) is 42.5 Å². The highest BCUT2D eigenvalue weighted by Gasteiger charge is 2.17. The van der Waals surface area contributed by atoms with Crippen molar-refractivity contribution in [1.82, 2.24) is 9.78 Å². The molecular formula is C16H12Cl2N4O. The van der Waals surface area contributed by atoms with Gasteiger partial charge in [0.1, 0.15) is 11.4 Å². The van der Waals surface area contributed by atoms with Crippen molar-refractivity contribution in [2.45, 2.75) is 0 Å². The van der Waals surface area contributed by atoms with Gasteiger partial charge in [-0.05, 0) is 36.4 Å². The zero-order chi connectivity index (χ0) is 16.4. The van der Waals surface area contributed by atoms with Crippen LogP contribution in [0.5, 0.6) is 0 Å². The summed E-state index contributed by atoms with van der Waals surface area (Å²) in [6, 6.07) is 13.9. The molecule has 0 atom stereocenters. The summed E-state index contributed by atoms with van der Waals surface area (Å²) in [4.78, 5) is 12.3. The second kappa shape index (κ2) is 6.32. The number of carbonyl (C=O) groups excluding carboxylic acids is 1. The molecular weight excluding hydrogens is 335 g/mol. The number of nitrogens with two attached hydrogens (primary N) is 1. The average Bonchev–Trinajstić information content (AvgIpc) is 2.92. The van der Waals surface area contributed by atoms with Crippen molar-refractivity contribution in [3.8, 4) is 5.69 Å². The topological polar surface area (TPSA) is 72.9 Å². The number of nitrogens with one attached hydrogen (secondary N) is 1. The molecule has 0 spiro atoms. The smallest absolute Gasteiger partial charge is 0.261 e. The van der Waals surface area contributed by atoms with E-state index in [1.807, 2.05) is 6.07 Å². The molecule has 0 aliphatic rings. The second-order valence-corrected chi connectivity index (χ2v) is 5.61. The first-order valence-electron chi connectivity index (χ1n) is 6.71. The Hall–Kier alpha value is -2.50. The molecule has 1 aromatic heterocycles. The van der Waals surface area contributed by atoms with E-state index in [0.29, 0.717) is 21.4 Å². The molecule has 3 rings (SSSR count). The number of amides is 1. The molecule has 3 aromatic rings. The van der Waals surface area contributed by atoms with Crippen LogP contribution in [0.25, 0.3) is 5.69 Å². The quantitative estimate of drug-likeness (QED) is 0.752. The molecule has 116 valence electrons. The fourth-order valence-electron chi connectivity index (χ4n) is 2.08. The van der Waals surface area contributed by atoms with Gasteiger partial charge >= 0.3 is 0 Å². The summed E-state index contributed by atoms with van der Waals surface area (Å²) < 4.78 is 1.43. The van der Waals surface area contributed by atoms with Crippen LogP contribution < -0.4 is 11.1 Å². The Balaban J connectivity index is 1.88. The Kier molecular flexibility index (Phi) is 4.23. The maximum Gasteiger partial charge on any atom is 0.261 e. The lowest BCUT2D eigenvalue weighted by Crippen LogP contribution is -2.14. The van der Waals surface area contributed by atoms with Crippen molar-refractivity contribution in [3.63, 3.8) is 0 Å². The maximum absolute atomic E-state index is 12.3. The fraction of sp³-hybridized carbons (Fsp3) is 0. The number of aromatic nitrogens is 2. The van der Waals surface area contributed by atoms with E-state index in [4.69, 9.17) is 28.9 Å². The van der Waals surface area contributed by atoms with Gasteiger partial charge < -0.3 is 11.1 Å². The largest absolute Gasteiger partial charge is 0.383 e. The predicted molar refractivity (Wildman–Crippen MR) is 92.4 cm³/mol. The summed E-state index contributed by atoms with van der Waals surface area (Å²) in [7, 11) is 0. The third-order valence-electron chi connectivity index (χ3n) is 3.23. The van der Waals surface area contributed by atoms with Gasteiger partial charge in [0.05, 0.1) is 16.9 Å². The number of rotatable bonds is 3. The molecule has 0 unspecified atom stereocenters. The minimum Gasteiger partial charge on any atom is -0.383 e. The summed E-state index contributed by atoms with van der Waals surface area (Å²) in [5, 5.41) is 7.97. The molecule has 0 aliphatic carbocycles. The van der Waals surface area contributed by atoms with Crippen LogP contribution in [-0.2, 0) is 0 Å². The standard InChI is InChI=1S/C16H12Cl2N4O/c17-10-5-7-11(8-6-10)21-16(23)12-9-20-22(15(12)19)14-4-2-1-3-13(14)18/h1-9H,19H2,(H,21,23). The third kappa shape index (κ3) is 3.16. The number of benzene rings is 2. The molecule has 0 aliphatic heterocycles.